The van der Waals surface area contributed by atoms with Gasteiger partial charge in [0.1, 0.15) is 0 Å². The topological polar surface area (TPSA) is 78.5 Å². The molecule has 0 radical (unpaired) electrons. The van der Waals surface area contributed by atoms with E-state index in [4.69, 9.17) is 0 Å². The summed E-state index contributed by atoms with van der Waals surface area (Å²) in [5.41, 5.74) is 3.71. The van der Waals surface area contributed by atoms with Crippen LogP contribution in [0.4, 0.5) is 11.4 Å². The fourth-order valence-electron chi connectivity index (χ4n) is 3.84. The highest BCUT2D eigenvalue weighted by Gasteiger charge is 2.35. The van der Waals surface area contributed by atoms with Gasteiger partial charge in [-0.05, 0) is 61.8 Å². The second kappa shape index (κ2) is 9.11. The summed E-state index contributed by atoms with van der Waals surface area (Å²) >= 11 is 0. The van der Waals surface area contributed by atoms with Crippen molar-refractivity contribution in [3.63, 3.8) is 0 Å². The number of nitrogens with zero attached hydrogens (tertiary/aromatic N) is 1. The maximum Gasteiger partial charge on any atom is 0.313 e. The van der Waals surface area contributed by atoms with E-state index in [2.05, 4.69) is 10.6 Å². The van der Waals surface area contributed by atoms with E-state index in [1.807, 2.05) is 47.4 Å². The van der Waals surface area contributed by atoms with Gasteiger partial charge in [-0.15, -0.1) is 0 Å². The molecular formula is C24H27N3O3. The Kier molecular flexibility index (Phi) is 6.12. The highest BCUT2D eigenvalue weighted by Crippen LogP contribution is 2.36. The number of carbonyl (C=O) groups is 3. The van der Waals surface area contributed by atoms with Gasteiger partial charge in [-0.25, -0.2) is 0 Å². The van der Waals surface area contributed by atoms with E-state index in [-0.39, 0.29) is 11.8 Å². The van der Waals surface area contributed by atoms with Crippen molar-refractivity contribution in [2.45, 2.75) is 38.5 Å². The normalized spacial score (nSPS) is 15.3. The lowest BCUT2D eigenvalue weighted by atomic mass is 10.0. The summed E-state index contributed by atoms with van der Waals surface area (Å²) in [6.07, 6.45) is 5.40. The Morgan fingerprint density at radius 2 is 1.80 bits per heavy atom. The lowest BCUT2D eigenvalue weighted by Crippen LogP contribution is -2.37. The van der Waals surface area contributed by atoms with Crippen molar-refractivity contribution in [2.24, 2.45) is 5.92 Å². The van der Waals surface area contributed by atoms with E-state index >= 15 is 0 Å². The molecule has 30 heavy (non-hydrogen) atoms. The number of hydrogen-bond acceptors (Lipinski definition) is 3. The first-order valence-corrected chi connectivity index (χ1v) is 10.7. The molecule has 6 nitrogen and oxygen atoms in total. The van der Waals surface area contributed by atoms with Crippen LogP contribution in [-0.4, -0.2) is 30.8 Å². The largest absolute Gasteiger partial charge is 0.348 e. The molecule has 0 atom stereocenters. The quantitative estimate of drug-likeness (QED) is 0.573. The molecule has 2 aliphatic rings. The van der Waals surface area contributed by atoms with Crippen LogP contribution in [0.5, 0.6) is 0 Å². The van der Waals surface area contributed by atoms with Gasteiger partial charge in [0.05, 0.1) is 0 Å². The van der Waals surface area contributed by atoms with Crippen LogP contribution in [-0.2, 0) is 27.2 Å². The molecule has 1 heterocycles. The van der Waals surface area contributed by atoms with Crippen molar-refractivity contribution in [1.82, 2.24) is 5.32 Å². The van der Waals surface area contributed by atoms with Crippen LogP contribution in [0.1, 0.15) is 36.8 Å². The Hall–Kier alpha value is -3.15. The van der Waals surface area contributed by atoms with Crippen molar-refractivity contribution >= 4 is 29.1 Å². The monoisotopic (exact) mass is 405 g/mol. The van der Waals surface area contributed by atoms with Crippen molar-refractivity contribution in [3.8, 4) is 0 Å². The van der Waals surface area contributed by atoms with E-state index in [0.29, 0.717) is 18.8 Å². The van der Waals surface area contributed by atoms with E-state index in [1.165, 1.54) is 5.56 Å². The molecule has 0 bridgehead atoms. The molecular weight excluding hydrogens is 378 g/mol. The van der Waals surface area contributed by atoms with Gasteiger partial charge in [0.25, 0.3) is 0 Å². The predicted molar refractivity (Wildman–Crippen MR) is 116 cm³/mol. The summed E-state index contributed by atoms with van der Waals surface area (Å²) in [5.74, 6) is -1.01. The Morgan fingerprint density at radius 1 is 1.00 bits per heavy atom. The second-order valence-electron chi connectivity index (χ2n) is 8.01. The second-order valence-corrected chi connectivity index (χ2v) is 8.01. The highest BCUT2D eigenvalue weighted by atomic mass is 16.2. The van der Waals surface area contributed by atoms with Crippen LogP contribution in [0.2, 0.25) is 0 Å². The molecule has 3 amide bonds. The number of anilines is 2. The number of aryl methyl sites for hydroxylation is 2. The summed E-state index contributed by atoms with van der Waals surface area (Å²) in [7, 11) is 0. The van der Waals surface area contributed by atoms with Gasteiger partial charge < -0.3 is 15.5 Å². The molecule has 2 aromatic carbocycles. The molecule has 1 aliphatic carbocycles. The zero-order chi connectivity index (χ0) is 20.9. The first-order chi connectivity index (χ1) is 14.6. The number of amides is 3. The van der Waals surface area contributed by atoms with Crippen LogP contribution >= 0.6 is 0 Å². The average Bonchev–Trinajstić information content (AvgIpc) is 3.62. The third-order valence-corrected chi connectivity index (χ3v) is 5.63. The van der Waals surface area contributed by atoms with E-state index in [9.17, 15) is 14.4 Å². The maximum absolute atomic E-state index is 12.6. The fourth-order valence-corrected chi connectivity index (χ4v) is 3.84. The fraction of sp³-hybridized carbons (Fsp3) is 0.375. The standard InChI is InChI=1S/C24H27N3O3/c28-22(25-14-4-8-17-6-2-1-3-7-17)23(29)26-20-13-12-18-9-5-15-27(21(18)16-20)24(30)19-10-11-19/h1-3,6-7,12-13,16,19H,4-5,8-11,14-15H2,(H,25,28)(H,26,29). The maximum atomic E-state index is 12.6. The molecule has 0 spiro atoms. The van der Waals surface area contributed by atoms with Gasteiger partial charge in [-0.2, -0.15) is 0 Å². The third kappa shape index (κ3) is 4.87. The molecule has 0 aromatic heterocycles. The molecule has 1 saturated carbocycles. The highest BCUT2D eigenvalue weighted by molar-refractivity contribution is 6.39. The predicted octanol–water partition coefficient (Wildman–Crippen LogP) is 3.06. The third-order valence-electron chi connectivity index (χ3n) is 5.63. The Morgan fingerprint density at radius 3 is 2.57 bits per heavy atom. The van der Waals surface area contributed by atoms with Gasteiger partial charge in [0.2, 0.25) is 5.91 Å². The molecule has 4 rings (SSSR count). The van der Waals surface area contributed by atoms with Crippen LogP contribution in [0.3, 0.4) is 0 Å². The first-order valence-electron chi connectivity index (χ1n) is 10.7. The minimum Gasteiger partial charge on any atom is -0.348 e. The minimum atomic E-state index is -0.689. The number of benzene rings is 2. The number of nitrogens with one attached hydrogen (secondary N) is 2. The zero-order valence-corrected chi connectivity index (χ0v) is 17.0. The van der Waals surface area contributed by atoms with Gasteiger partial charge >= 0.3 is 11.8 Å². The summed E-state index contributed by atoms with van der Waals surface area (Å²) in [5, 5.41) is 5.34. The van der Waals surface area contributed by atoms with Gasteiger partial charge in [-0.3, -0.25) is 14.4 Å². The number of rotatable bonds is 6. The number of hydrogen-bond donors (Lipinski definition) is 2. The van der Waals surface area contributed by atoms with Crippen LogP contribution in [0.15, 0.2) is 48.5 Å². The first kappa shape index (κ1) is 20.1. The lowest BCUT2D eigenvalue weighted by molar-refractivity contribution is -0.136. The van der Waals surface area contributed by atoms with E-state index < -0.39 is 11.8 Å². The molecule has 6 heteroatoms. The van der Waals surface area contributed by atoms with E-state index in [0.717, 1.165) is 49.8 Å². The van der Waals surface area contributed by atoms with Crippen molar-refractivity contribution in [1.29, 1.82) is 0 Å². The molecule has 2 aromatic rings. The molecule has 2 N–H and O–H groups in total. The van der Waals surface area contributed by atoms with Crippen molar-refractivity contribution in [3.05, 3.63) is 59.7 Å². The Balaban J connectivity index is 1.31. The van der Waals surface area contributed by atoms with Gasteiger partial charge in [0.15, 0.2) is 0 Å². The van der Waals surface area contributed by atoms with Gasteiger partial charge in [0, 0.05) is 30.4 Å². The summed E-state index contributed by atoms with van der Waals surface area (Å²) in [6, 6.07) is 15.6. The Bertz CT molecular complexity index is 938. The van der Waals surface area contributed by atoms with Crippen LogP contribution in [0, 0.1) is 5.92 Å². The summed E-state index contributed by atoms with van der Waals surface area (Å²) in [4.78, 5) is 38.8. The molecule has 0 unspecified atom stereocenters. The van der Waals surface area contributed by atoms with Crippen molar-refractivity contribution < 1.29 is 14.4 Å². The molecule has 0 saturated heterocycles. The Labute approximate surface area is 176 Å². The average molecular weight is 405 g/mol. The molecule has 1 aliphatic heterocycles. The zero-order valence-electron chi connectivity index (χ0n) is 17.0. The summed E-state index contributed by atoms with van der Waals surface area (Å²) in [6.45, 7) is 1.15. The summed E-state index contributed by atoms with van der Waals surface area (Å²) < 4.78 is 0. The van der Waals surface area contributed by atoms with E-state index in [1.54, 1.807) is 6.07 Å². The van der Waals surface area contributed by atoms with Crippen LogP contribution < -0.4 is 15.5 Å². The van der Waals surface area contributed by atoms with Gasteiger partial charge in [-0.1, -0.05) is 36.4 Å². The number of carbonyl (C=O) groups excluding carboxylic acids is 3. The SMILES string of the molecule is O=C(NCCCc1ccccc1)C(=O)Nc1ccc2c(c1)N(C(=O)C1CC1)CCC2. The van der Waals surface area contributed by atoms with Crippen LogP contribution in [0.25, 0.3) is 0 Å². The molecule has 1 fully saturated rings. The minimum absolute atomic E-state index is 0.149. The number of fused-ring (bicyclic) bond motifs is 1. The molecule has 156 valence electrons. The lowest BCUT2D eigenvalue weighted by Gasteiger charge is -2.30. The van der Waals surface area contributed by atoms with Crippen molar-refractivity contribution in [2.75, 3.05) is 23.3 Å². The smallest absolute Gasteiger partial charge is 0.313 e.